The monoisotopic (exact) mass is 300 g/mol. The molecule has 0 bridgehead atoms. The molecule has 0 spiro atoms. The van der Waals surface area contributed by atoms with Gasteiger partial charge in [0.15, 0.2) is 0 Å². The Morgan fingerprint density at radius 3 is 3.00 bits per heavy atom. The van der Waals surface area contributed by atoms with Crippen LogP contribution >= 0.6 is 27.5 Å². The van der Waals surface area contributed by atoms with Crippen LogP contribution in [0, 0.1) is 0 Å². The van der Waals surface area contributed by atoms with E-state index >= 15 is 0 Å². The lowest BCUT2D eigenvalue weighted by Gasteiger charge is -2.06. The lowest BCUT2D eigenvalue weighted by molar-refractivity contribution is 0.306. The first-order valence-corrected chi connectivity index (χ1v) is 5.87. The third-order valence-corrected chi connectivity index (χ3v) is 2.85. The van der Waals surface area contributed by atoms with Gasteiger partial charge >= 0.3 is 0 Å². The van der Waals surface area contributed by atoms with Crippen LogP contribution in [0.15, 0.2) is 35.1 Å². The fourth-order valence-corrected chi connectivity index (χ4v) is 1.81. The lowest BCUT2D eigenvalue weighted by Crippen LogP contribution is -1.94. The second-order valence-electron chi connectivity index (χ2n) is 3.39. The Balaban J connectivity index is 2.07. The summed E-state index contributed by atoms with van der Waals surface area (Å²) in [6.45, 7) is 0.462. The molecule has 0 amide bonds. The van der Waals surface area contributed by atoms with Crippen LogP contribution in [0.4, 0.5) is 0 Å². The van der Waals surface area contributed by atoms with Crippen molar-refractivity contribution in [1.82, 2.24) is 9.78 Å². The molecule has 0 aliphatic carbocycles. The van der Waals surface area contributed by atoms with Gasteiger partial charge in [-0.05, 0) is 18.2 Å². The van der Waals surface area contributed by atoms with Crippen LogP contribution in [-0.2, 0) is 13.7 Å². The van der Waals surface area contributed by atoms with E-state index in [1.165, 1.54) is 0 Å². The fraction of sp³-hybridized carbons (Fsp3) is 0.182. The first kappa shape index (κ1) is 11.5. The number of hydrogen-bond donors (Lipinski definition) is 0. The maximum absolute atomic E-state index is 6.00. The van der Waals surface area contributed by atoms with E-state index in [9.17, 15) is 0 Å². The second-order valence-corrected chi connectivity index (χ2v) is 4.71. The van der Waals surface area contributed by atoms with Gasteiger partial charge in [-0.2, -0.15) is 5.10 Å². The molecule has 0 saturated carbocycles. The van der Waals surface area contributed by atoms with Crippen molar-refractivity contribution in [3.05, 3.63) is 45.7 Å². The average molecular weight is 302 g/mol. The Bertz CT molecular complexity index is 498. The Kier molecular flexibility index (Phi) is 3.51. The van der Waals surface area contributed by atoms with Crippen LogP contribution < -0.4 is 4.74 Å². The van der Waals surface area contributed by atoms with E-state index < -0.39 is 0 Å². The predicted molar refractivity (Wildman–Crippen MR) is 66.7 cm³/mol. The smallest absolute Gasteiger partial charge is 0.139 e. The summed E-state index contributed by atoms with van der Waals surface area (Å²) in [5.74, 6) is 0.667. The zero-order valence-electron chi connectivity index (χ0n) is 8.65. The van der Waals surface area contributed by atoms with Gasteiger partial charge in [0.05, 0.1) is 11.2 Å². The van der Waals surface area contributed by atoms with Crippen molar-refractivity contribution in [2.24, 2.45) is 7.05 Å². The Morgan fingerprint density at radius 2 is 2.31 bits per heavy atom. The Hall–Kier alpha value is -1.00. The summed E-state index contributed by atoms with van der Waals surface area (Å²) in [4.78, 5) is 0. The van der Waals surface area contributed by atoms with Gasteiger partial charge in [-0.15, -0.1) is 0 Å². The first-order chi connectivity index (χ1) is 7.65. The van der Waals surface area contributed by atoms with Crippen molar-refractivity contribution >= 4 is 27.5 Å². The number of nitrogens with zero attached hydrogens (tertiary/aromatic N) is 2. The Morgan fingerprint density at radius 1 is 1.50 bits per heavy atom. The van der Waals surface area contributed by atoms with E-state index in [4.69, 9.17) is 16.3 Å². The molecule has 1 aromatic carbocycles. The zero-order chi connectivity index (χ0) is 11.5. The van der Waals surface area contributed by atoms with E-state index in [1.807, 2.05) is 25.4 Å². The number of aryl methyl sites for hydroxylation is 1. The molecule has 0 N–H and O–H groups in total. The maximum atomic E-state index is 6.00. The highest BCUT2D eigenvalue weighted by molar-refractivity contribution is 9.10. The van der Waals surface area contributed by atoms with Gasteiger partial charge in [0.2, 0.25) is 0 Å². The third kappa shape index (κ3) is 2.77. The quantitative estimate of drug-likeness (QED) is 0.868. The molecule has 0 saturated heterocycles. The largest absolute Gasteiger partial charge is 0.487 e. The molecule has 84 valence electrons. The molecule has 5 heteroatoms. The van der Waals surface area contributed by atoms with Crippen LogP contribution in [0.25, 0.3) is 0 Å². The second kappa shape index (κ2) is 4.89. The number of ether oxygens (including phenoxy) is 1. The standard InChI is InChI=1S/C11H10BrClN2O/c1-15-6-8(5-14-15)7-16-11-4-9(12)2-3-10(11)13/h2-6H,7H2,1H3. The van der Waals surface area contributed by atoms with E-state index in [0.717, 1.165) is 10.0 Å². The summed E-state index contributed by atoms with van der Waals surface area (Å²) in [6, 6.07) is 5.52. The molecular weight excluding hydrogens is 291 g/mol. The van der Waals surface area contributed by atoms with Gasteiger partial charge in [-0.3, -0.25) is 4.68 Å². The molecule has 1 aromatic heterocycles. The fourth-order valence-electron chi connectivity index (χ4n) is 1.30. The topological polar surface area (TPSA) is 27.1 Å². The molecule has 1 heterocycles. The normalized spacial score (nSPS) is 10.4. The van der Waals surface area contributed by atoms with Gasteiger partial charge in [0.25, 0.3) is 0 Å². The lowest BCUT2D eigenvalue weighted by atomic mass is 10.3. The summed E-state index contributed by atoms with van der Waals surface area (Å²) < 4.78 is 8.28. The van der Waals surface area contributed by atoms with Gasteiger partial charge in [0.1, 0.15) is 12.4 Å². The molecule has 0 aliphatic heterocycles. The molecule has 0 atom stereocenters. The van der Waals surface area contributed by atoms with Gasteiger partial charge in [-0.1, -0.05) is 27.5 Å². The maximum Gasteiger partial charge on any atom is 0.139 e. The van der Waals surface area contributed by atoms with Crippen molar-refractivity contribution < 1.29 is 4.74 Å². The molecular formula is C11H10BrClN2O. The molecule has 2 rings (SSSR count). The Labute approximate surface area is 107 Å². The minimum Gasteiger partial charge on any atom is -0.487 e. The first-order valence-electron chi connectivity index (χ1n) is 4.70. The summed E-state index contributed by atoms with van der Waals surface area (Å²) in [5, 5.41) is 4.67. The highest BCUT2D eigenvalue weighted by atomic mass is 79.9. The summed E-state index contributed by atoms with van der Waals surface area (Å²) in [5.41, 5.74) is 1.01. The molecule has 0 radical (unpaired) electrons. The minimum atomic E-state index is 0.462. The number of rotatable bonds is 3. The van der Waals surface area contributed by atoms with Gasteiger partial charge in [-0.25, -0.2) is 0 Å². The summed E-state index contributed by atoms with van der Waals surface area (Å²) in [7, 11) is 1.87. The summed E-state index contributed by atoms with van der Waals surface area (Å²) in [6.07, 6.45) is 3.68. The number of benzene rings is 1. The van der Waals surface area contributed by atoms with Crippen molar-refractivity contribution in [2.45, 2.75) is 6.61 Å². The van der Waals surface area contributed by atoms with E-state index in [1.54, 1.807) is 16.9 Å². The molecule has 0 aliphatic rings. The van der Waals surface area contributed by atoms with Gasteiger partial charge < -0.3 is 4.74 Å². The highest BCUT2D eigenvalue weighted by Gasteiger charge is 2.03. The van der Waals surface area contributed by atoms with Crippen LogP contribution in [0.1, 0.15) is 5.56 Å². The zero-order valence-corrected chi connectivity index (χ0v) is 11.0. The minimum absolute atomic E-state index is 0.462. The molecule has 3 nitrogen and oxygen atoms in total. The van der Waals surface area contributed by atoms with Crippen molar-refractivity contribution in [3.63, 3.8) is 0 Å². The molecule has 16 heavy (non-hydrogen) atoms. The van der Waals surface area contributed by atoms with Crippen LogP contribution in [-0.4, -0.2) is 9.78 Å². The number of halogens is 2. The SMILES string of the molecule is Cn1cc(COc2cc(Br)ccc2Cl)cn1. The van der Waals surface area contributed by atoms with Crippen LogP contribution in [0.2, 0.25) is 5.02 Å². The predicted octanol–water partition coefficient (Wildman–Crippen LogP) is 3.42. The van der Waals surface area contributed by atoms with Crippen molar-refractivity contribution in [2.75, 3.05) is 0 Å². The highest BCUT2D eigenvalue weighted by Crippen LogP contribution is 2.28. The number of hydrogen-bond acceptors (Lipinski definition) is 2. The van der Waals surface area contributed by atoms with Gasteiger partial charge in [0, 0.05) is 23.3 Å². The van der Waals surface area contributed by atoms with Crippen molar-refractivity contribution in [1.29, 1.82) is 0 Å². The van der Waals surface area contributed by atoms with E-state index in [0.29, 0.717) is 17.4 Å². The average Bonchev–Trinajstić information content (AvgIpc) is 2.66. The van der Waals surface area contributed by atoms with Crippen LogP contribution in [0.5, 0.6) is 5.75 Å². The van der Waals surface area contributed by atoms with E-state index in [-0.39, 0.29) is 0 Å². The van der Waals surface area contributed by atoms with Crippen molar-refractivity contribution in [3.8, 4) is 5.75 Å². The molecule has 0 unspecified atom stereocenters. The molecule has 2 aromatic rings. The summed E-state index contributed by atoms with van der Waals surface area (Å²) >= 11 is 9.37. The van der Waals surface area contributed by atoms with Crippen LogP contribution in [0.3, 0.4) is 0 Å². The third-order valence-electron chi connectivity index (χ3n) is 2.05. The molecule has 0 fully saturated rings. The van der Waals surface area contributed by atoms with E-state index in [2.05, 4.69) is 21.0 Å². The number of aromatic nitrogens is 2.